The highest BCUT2D eigenvalue weighted by molar-refractivity contribution is 6.90. The van der Waals surface area contributed by atoms with Crippen LogP contribution in [0.4, 0.5) is 0 Å². The van der Waals surface area contributed by atoms with Crippen molar-refractivity contribution in [1.29, 1.82) is 0 Å². The van der Waals surface area contributed by atoms with E-state index in [-0.39, 0.29) is 0 Å². The quantitative estimate of drug-likeness (QED) is 0.448. The molecule has 1 nitrogen and oxygen atoms in total. The highest BCUT2D eigenvalue weighted by atomic mass is 28.3. The molecule has 0 aliphatic rings. The topological polar surface area (TPSA) is 20.2 Å². The highest BCUT2D eigenvalue weighted by Crippen LogP contribution is 2.36. The lowest BCUT2D eigenvalue weighted by Crippen LogP contribution is -2.33. The fourth-order valence-electron chi connectivity index (χ4n) is 3.48. The van der Waals surface area contributed by atoms with Crippen LogP contribution in [-0.4, -0.2) is 18.8 Å². The van der Waals surface area contributed by atoms with Gasteiger partial charge < -0.3 is 5.11 Å². The molecule has 0 aliphatic carbocycles. The molecule has 0 atom stereocenters. The Balaban J connectivity index is 2.50. The summed E-state index contributed by atoms with van der Waals surface area (Å²) in [5.41, 5.74) is 8.28. The minimum Gasteiger partial charge on any atom is -0.385 e. The van der Waals surface area contributed by atoms with E-state index in [9.17, 15) is 5.11 Å². The first kappa shape index (κ1) is 21.2. The van der Waals surface area contributed by atoms with Crippen LogP contribution in [0.5, 0.6) is 0 Å². The summed E-state index contributed by atoms with van der Waals surface area (Å²) in [4.78, 5) is 0. The molecular weight excluding hydrogens is 344 g/mol. The Bertz CT molecular complexity index is 788. The number of hydrogen-bond donors (Lipinski definition) is 1. The van der Waals surface area contributed by atoms with Gasteiger partial charge in [-0.3, -0.25) is 0 Å². The van der Waals surface area contributed by atoms with Gasteiger partial charge in [0.05, 0.1) is 5.60 Å². The molecule has 2 rings (SSSR count). The lowest BCUT2D eigenvalue weighted by atomic mass is 9.82. The van der Waals surface area contributed by atoms with E-state index in [0.29, 0.717) is 0 Å². The molecule has 0 radical (unpaired) electrons. The first-order valence-corrected chi connectivity index (χ1v) is 13.1. The fraction of sp³-hybridized carbons (Fsp3) is 0.360. The van der Waals surface area contributed by atoms with Crippen molar-refractivity contribution in [3.63, 3.8) is 0 Å². The number of hydrogen-bond acceptors (Lipinski definition) is 1. The summed E-state index contributed by atoms with van der Waals surface area (Å²) in [5, 5.41) is 11.6. The van der Waals surface area contributed by atoms with Crippen LogP contribution < -0.4 is 0 Å². The van der Waals surface area contributed by atoms with Crippen LogP contribution in [0.2, 0.25) is 13.1 Å². The summed E-state index contributed by atoms with van der Waals surface area (Å²) >= 11 is 0. The van der Waals surface area contributed by atoms with Crippen molar-refractivity contribution in [2.45, 2.75) is 58.2 Å². The van der Waals surface area contributed by atoms with E-state index in [1.807, 2.05) is 48.5 Å². The largest absolute Gasteiger partial charge is 0.385 e. The van der Waals surface area contributed by atoms with E-state index in [4.69, 9.17) is 0 Å². The Morgan fingerprint density at radius 1 is 0.926 bits per heavy atom. The Morgan fingerprint density at radius 2 is 1.44 bits per heavy atom. The zero-order valence-electron chi connectivity index (χ0n) is 17.1. The number of rotatable bonds is 7. The van der Waals surface area contributed by atoms with Crippen molar-refractivity contribution in [3.05, 3.63) is 77.5 Å². The second-order valence-corrected chi connectivity index (χ2v) is 11.8. The highest BCUT2D eigenvalue weighted by Gasteiger charge is 2.32. The van der Waals surface area contributed by atoms with Crippen LogP contribution in [0.15, 0.2) is 66.4 Å². The molecule has 0 saturated carbocycles. The maximum absolute atomic E-state index is 11.6. The fourth-order valence-corrected chi connectivity index (χ4v) is 5.17. The Kier molecular flexibility index (Phi) is 7.65. The molecule has 0 bridgehead atoms. The molecule has 0 amide bonds. The monoisotopic (exact) mass is 376 g/mol. The molecule has 27 heavy (non-hydrogen) atoms. The van der Waals surface area contributed by atoms with E-state index >= 15 is 0 Å². The van der Waals surface area contributed by atoms with Crippen LogP contribution in [0.3, 0.4) is 0 Å². The molecular formula is C25H32OSi. The summed E-state index contributed by atoms with van der Waals surface area (Å²) in [6.45, 7) is 8.79. The van der Waals surface area contributed by atoms with Gasteiger partial charge in [0.25, 0.3) is 0 Å². The van der Waals surface area contributed by atoms with Gasteiger partial charge in [-0.25, -0.2) is 0 Å². The third-order valence-corrected chi connectivity index (χ3v) is 6.50. The van der Waals surface area contributed by atoms with Gasteiger partial charge in [-0.2, -0.15) is 0 Å². The number of aliphatic hydroxyl groups is 1. The third-order valence-electron chi connectivity index (χ3n) is 4.72. The van der Waals surface area contributed by atoms with Gasteiger partial charge in [-0.05, 0) is 36.1 Å². The SMILES string of the molecule is CCCC(O)(CCC)C(=C[Si](C)(C)C#Cc1ccccc1)c1ccccc1. The maximum Gasteiger partial charge on any atom is 0.156 e. The molecule has 2 heteroatoms. The molecule has 0 fully saturated rings. The van der Waals surface area contributed by atoms with Crippen molar-refractivity contribution in [1.82, 2.24) is 0 Å². The smallest absolute Gasteiger partial charge is 0.156 e. The minimum atomic E-state index is -1.98. The molecule has 0 heterocycles. The van der Waals surface area contributed by atoms with Gasteiger partial charge in [-0.15, -0.1) is 5.54 Å². The Morgan fingerprint density at radius 3 is 1.96 bits per heavy atom. The molecule has 0 unspecified atom stereocenters. The van der Waals surface area contributed by atoms with Gasteiger partial charge >= 0.3 is 0 Å². The van der Waals surface area contributed by atoms with Crippen molar-refractivity contribution < 1.29 is 5.11 Å². The molecule has 0 aromatic heterocycles. The second-order valence-electron chi connectivity index (χ2n) is 7.79. The van der Waals surface area contributed by atoms with E-state index in [0.717, 1.165) is 42.4 Å². The van der Waals surface area contributed by atoms with Crippen LogP contribution in [0.25, 0.3) is 5.57 Å². The van der Waals surface area contributed by atoms with Gasteiger partial charge in [0.2, 0.25) is 0 Å². The van der Waals surface area contributed by atoms with Gasteiger partial charge in [0.1, 0.15) is 0 Å². The van der Waals surface area contributed by atoms with E-state index in [1.54, 1.807) is 0 Å². The first-order chi connectivity index (χ1) is 12.9. The maximum atomic E-state index is 11.6. The molecule has 0 aliphatic heterocycles. The third kappa shape index (κ3) is 6.24. The minimum absolute atomic E-state index is 0.776. The van der Waals surface area contributed by atoms with Crippen molar-refractivity contribution in [2.75, 3.05) is 0 Å². The normalized spacial score (nSPS) is 12.4. The predicted octanol–water partition coefficient (Wildman–Crippen LogP) is 6.24. The molecule has 2 aromatic rings. The molecule has 142 valence electrons. The zero-order valence-corrected chi connectivity index (χ0v) is 18.1. The average molecular weight is 377 g/mol. The Hall–Kier alpha value is -2.08. The van der Waals surface area contributed by atoms with Crippen molar-refractivity contribution >= 4 is 13.6 Å². The zero-order chi connectivity index (χ0) is 19.8. The summed E-state index contributed by atoms with van der Waals surface area (Å²) in [6, 6.07) is 20.5. The van der Waals surface area contributed by atoms with Gasteiger partial charge in [-0.1, -0.05) is 99.9 Å². The standard InChI is InChI=1S/C25H32OSi/c1-5-18-25(26,19-6-2)24(23-15-11-8-12-16-23)21-27(3,4)20-17-22-13-9-7-10-14-22/h7-16,21,26H,5-6,18-19H2,1-4H3. The molecule has 0 saturated heterocycles. The predicted molar refractivity (Wildman–Crippen MR) is 120 cm³/mol. The van der Waals surface area contributed by atoms with E-state index in [1.165, 1.54) is 0 Å². The van der Waals surface area contributed by atoms with Gasteiger partial charge in [0, 0.05) is 5.56 Å². The summed E-state index contributed by atoms with van der Waals surface area (Å²) < 4.78 is 0. The number of benzene rings is 2. The van der Waals surface area contributed by atoms with Crippen LogP contribution in [0.1, 0.15) is 50.7 Å². The lowest BCUT2D eigenvalue weighted by Gasteiger charge is -2.32. The first-order valence-electron chi connectivity index (χ1n) is 9.99. The summed E-state index contributed by atoms with van der Waals surface area (Å²) in [5.74, 6) is 3.34. The van der Waals surface area contributed by atoms with E-state index < -0.39 is 13.7 Å². The van der Waals surface area contributed by atoms with Crippen LogP contribution in [-0.2, 0) is 0 Å². The van der Waals surface area contributed by atoms with Crippen LogP contribution in [0, 0.1) is 11.5 Å². The molecule has 1 N–H and O–H groups in total. The summed E-state index contributed by atoms with van der Waals surface area (Å²) in [7, 11) is -1.98. The van der Waals surface area contributed by atoms with Gasteiger partial charge in [0.15, 0.2) is 8.07 Å². The lowest BCUT2D eigenvalue weighted by molar-refractivity contribution is 0.0812. The van der Waals surface area contributed by atoms with Crippen molar-refractivity contribution in [2.24, 2.45) is 0 Å². The van der Waals surface area contributed by atoms with E-state index in [2.05, 4.69) is 56.2 Å². The van der Waals surface area contributed by atoms with Crippen LogP contribution >= 0.6 is 0 Å². The molecule has 2 aromatic carbocycles. The van der Waals surface area contributed by atoms with Crippen molar-refractivity contribution in [3.8, 4) is 11.5 Å². The second kappa shape index (κ2) is 9.74. The Labute approximate surface area is 166 Å². The summed E-state index contributed by atoms with van der Waals surface area (Å²) in [6.07, 6.45) is 3.47. The average Bonchev–Trinajstić information content (AvgIpc) is 2.67. The molecule has 0 spiro atoms.